The number of aromatic nitrogens is 1. The molecule has 0 fully saturated rings. The zero-order valence-electron chi connectivity index (χ0n) is 14.2. The van der Waals surface area contributed by atoms with Gasteiger partial charge in [0.15, 0.2) is 11.6 Å². The fraction of sp³-hybridized carbons (Fsp3) is 0.263. The standard InChI is InChI=1S/C19H21FN2O3/c1-14(23)9-11-22(2)19(24)8-6-15-5-7-18(17(20)12-15)25-16-4-3-10-21-13-16/h3-8,10,12-14,23H,9,11H2,1-2H3/b8-6+. The zero-order valence-corrected chi connectivity index (χ0v) is 14.2. The van der Waals surface area contributed by atoms with Gasteiger partial charge >= 0.3 is 0 Å². The van der Waals surface area contributed by atoms with E-state index in [-0.39, 0.29) is 11.7 Å². The smallest absolute Gasteiger partial charge is 0.246 e. The molecule has 0 bridgehead atoms. The first-order valence-corrected chi connectivity index (χ1v) is 7.94. The number of amides is 1. The van der Waals surface area contributed by atoms with Crippen molar-refractivity contribution in [2.45, 2.75) is 19.4 Å². The second-order valence-electron chi connectivity index (χ2n) is 5.71. The molecule has 1 amide bonds. The number of halogens is 1. The molecule has 1 atom stereocenters. The van der Waals surface area contributed by atoms with Crippen molar-refractivity contribution in [2.24, 2.45) is 0 Å². The van der Waals surface area contributed by atoms with Crippen molar-refractivity contribution in [1.29, 1.82) is 0 Å². The van der Waals surface area contributed by atoms with E-state index >= 15 is 0 Å². The lowest BCUT2D eigenvalue weighted by Gasteiger charge is -2.15. The Bertz CT molecular complexity index is 733. The van der Waals surface area contributed by atoms with E-state index in [1.165, 1.54) is 35.4 Å². The first-order chi connectivity index (χ1) is 12.0. The Hall–Kier alpha value is -2.73. The highest BCUT2D eigenvalue weighted by Gasteiger charge is 2.08. The number of pyridine rings is 1. The van der Waals surface area contributed by atoms with Crippen molar-refractivity contribution in [2.75, 3.05) is 13.6 Å². The van der Waals surface area contributed by atoms with Crippen LogP contribution in [0.5, 0.6) is 11.5 Å². The maximum atomic E-state index is 14.1. The van der Waals surface area contributed by atoms with Gasteiger partial charge in [-0.05, 0) is 49.2 Å². The van der Waals surface area contributed by atoms with Gasteiger partial charge in [-0.2, -0.15) is 0 Å². The summed E-state index contributed by atoms with van der Waals surface area (Å²) in [5.41, 5.74) is 0.549. The number of carbonyl (C=O) groups is 1. The molecule has 25 heavy (non-hydrogen) atoms. The molecule has 0 aliphatic heterocycles. The van der Waals surface area contributed by atoms with Gasteiger partial charge in [0.2, 0.25) is 5.91 Å². The molecule has 1 aromatic heterocycles. The van der Waals surface area contributed by atoms with Gasteiger partial charge in [-0.1, -0.05) is 6.07 Å². The van der Waals surface area contributed by atoms with Crippen LogP contribution < -0.4 is 4.74 Å². The van der Waals surface area contributed by atoms with Gasteiger partial charge in [-0.3, -0.25) is 9.78 Å². The van der Waals surface area contributed by atoms with Crippen LogP contribution in [-0.2, 0) is 4.79 Å². The Morgan fingerprint density at radius 1 is 1.44 bits per heavy atom. The van der Waals surface area contributed by atoms with E-state index in [4.69, 9.17) is 4.74 Å². The van der Waals surface area contributed by atoms with Crippen molar-refractivity contribution >= 4 is 12.0 Å². The van der Waals surface area contributed by atoms with E-state index in [9.17, 15) is 14.3 Å². The highest BCUT2D eigenvalue weighted by Crippen LogP contribution is 2.24. The molecular weight excluding hydrogens is 323 g/mol. The topological polar surface area (TPSA) is 62.7 Å². The van der Waals surface area contributed by atoms with Gasteiger partial charge in [-0.15, -0.1) is 0 Å². The van der Waals surface area contributed by atoms with Gasteiger partial charge in [-0.25, -0.2) is 4.39 Å². The molecule has 6 heteroatoms. The molecular formula is C19H21FN2O3. The number of hydrogen-bond acceptors (Lipinski definition) is 4. The van der Waals surface area contributed by atoms with Crippen LogP contribution in [0, 0.1) is 5.82 Å². The first-order valence-electron chi connectivity index (χ1n) is 7.94. The van der Waals surface area contributed by atoms with Crippen LogP contribution in [0.4, 0.5) is 4.39 Å². The lowest BCUT2D eigenvalue weighted by atomic mass is 10.2. The number of aliphatic hydroxyl groups excluding tert-OH is 1. The van der Waals surface area contributed by atoms with Crippen molar-refractivity contribution in [1.82, 2.24) is 9.88 Å². The molecule has 0 radical (unpaired) electrons. The molecule has 132 valence electrons. The average Bonchev–Trinajstić information content (AvgIpc) is 2.60. The van der Waals surface area contributed by atoms with Crippen molar-refractivity contribution in [3.8, 4) is 11.5 Å². The number of likely N-dealkylation sites (N-methyl/N-ethyl adjacent to an activating group) is 1. The first kappa shape index (κ1) is 18.6. The minimum absolute atomic E-state index is 0.0885. The van der Waals surface area contributed by atoms with Crippen LogP contribution >= 0.6 is 0 Å². The number of benzene rings is 1. The summed E-state index contributed by atoms with van der Waals surface area (Å²) in [6, 6.07) is 7.84. The summed E-state index contributed by atoms with van der Waals surface area (Å²) in [5.74, 6) is -0.206. The summed E-state index contributed by atoms with van der Waals surface area (Å²) in [6.45, 7) is 2.12. The van der Waals surface area contributed by atoms with Crippen molar-refractivity contribution in [3.05, 3.63) is 60.2 Å². The number of nitrogens with zero attached hydrogens (tertiary/aromatic N) is 2. The van der Waals surface area contributed by atoms with Crippen LogP contribution in [0.15, 0.2) is 48.8 Å². The zero-order chi connectivity index (χ0) is 18.2. The van der Waals surface area contributed by atoms with E-state index < -0.39 is 11.9 Å². The fourth-order valence-corrected chi connectivity index (χ4v) is 2.02. The van der Waals surface area contributed by atoms with E-state index in [0.717, 1.165) is 0 Å². The molecule has 2 aromatic rings. The lowest BCUT2D eigenvalue weighted by molar-refractivity contribution is -0.124. The quantitative estimate of drug-likeness (QED) is 0.783. The largest absolute Gasteiger partial charge is 0.453 e. The van der Waals surface area contributed by atoms with Gasteiger partial charge in [0, 0.05) is 25.9 Å². The van der Waals surface area contributed by atoms with Crippen molar-refractivity contribution < 1.29 is 19.0 Å². The number of carbonyl (C=O) groups excluding carboxylic acids is 1. The number of rotatable bonds is 7. The highest BCUT2D eigenvalue weighted by atomic mass is 19.1. The summed E-state index contributed by atoms with van der Waals surface area (Å²) in [6.07, 6.45) is 6.06. The highest BCUT2D eigenvalue weighted by molar-refractivity contribution is 5.91. The molecule has 2 rings (SSSR count). The van der Waals surface area contributed by atoms with E-state index in [0.29, 0.717) is 24.3 Å². The maximum absolute atomic E-state index is 14.1. The second kappa shape index (κ2) is 8.94. The van der Waals surface area contributed by atoms with E-state index in [2.05, 4.69) is 4.98 Å². The Morgan fingerprint density at radius 2 is 2.24 bits per heavy atom. The summed E-state index contributed by atoms with van der Waals surface area (Å²) >= 11 is 0. The molecule has 1 unspecified atom stereocenters. The van der Waals surface area contributed by atoms with Gasteiger partial charge in [0.25, 0.3) is 0 Å². The number of hydrogen-bond donors (Lipinski definition) is 1. The summed E-state index contributed by atoms with van der Waals surface area (Å²) in [4.78, 5) is 17.4. The minimum Gasteiger partial charge on any atom is -0.453 e. The average molecular weight is 344 g/mol. The molecule has 0 saturated carbocycles. The SMILES string of the molecule is CC(O)CCN(C)C(=O)/C=C/c1ccc(Oc2cccnc2)c(F)c1. The Balaban J connectivity index is 1.99. The Morgan fingerprint density at radius 3 is 2.88 bits per heavy atom. The monoisotopic (exact) mass is 344 g/mol. The van der Waals surface area contributed by atoms with E-state index in [1.807, 2.05) is 0 Å². The Kier molecular flexibility index (Phi) is 6.65. The third-order valence-corrected chi connectivity index (χ3v) is 3.50. The second-order valence-corrected chi connectivity index (χ2v) is 5.71. The molecule has 1 aromatic carbocycles. The molecule has 0 spiro atoms. The van der Waals surface area contributed by atoms with Gasteiger partial charge in [0.1, 0.15) is 5.75 Å². The normalized spacial score (nSPS) is 12.2. The van der Waals surface area contributed by atoms with E-state index in [1.54, 1.807) is 38.4 Å². The van der Waals surface area contributed by atoms with Crippen LogP contribution in [0.25, 0.3) is 6.08 Å². The summed E-state index contributed by atoms with van der Waals surface area (Å²) < 4.78 is 19.5. The molecule has 1 N–H and O–H groups in total. The molecule has 0 saturated heterocycles. The molecule has 1 heterocycles. The maximum Gasteiger partial charge on any atom is 0.246 e. The van der Waals surface area contributed by atoms with Crippen LogP contribution in [0.3, 0.4) is 0 Å². The third-order valence-electron chi connectivity index (χ3n) is 3.50. The third kappa shape index (κ3) is 6.00. The van der Waals surface area contributed by atoms with Gasteiger partial charge < -0.3 is 14.7 Å². The van der Waals surface area contributed by atoms with Crippen LogP contribution in [0.1, 0.15) is 18.9 Å². The minimum atomic E-state index is -0.527. The molecule has 5 nitrogen and oxygen atoms in total. The van der Waals surface area contributed by atoms with Crippen LogP contribution in [0.2, 0.25) is 0 Å². The van der Waals surface area contributed by atoms with Crippen molar-refractivity contribution in [3.63, 3.8) is 0 Å². The lowest BCUT2D eigenvalue weighted by Crippen LogP contribution is -2.27. The Labute approximate surface area is 146 Å². The molecule has 0 aliphatic rings. The number of aliphatic hydroxyl groups is 1. The number of ether oxygens (including phenoxy) is 1. The summed E-state index contributed by atoms with van der Waals surface area (Å²) in [5, 5.41) is 9.24. The predicted molar refractivity (Wildman–Crippen MR) is 93.7 cm³/mol. The molecule has 0 aliphatic carbocycles. The summed E-state index contributed by atoms with van der Waals surface area (Å²) in [7, 11) is 1.65. The predicted octanol–water partition coefficient (Wildman–Crippen LogP) is 3.26. The fourth-order valence-electron chi connectivity index (χ4n) is 2.02. The van der Waals surface area contributed by atoms with Crippen LogP contribution in [-0.4, -0.2) is 40.6 Å². The van der Waals surface area contributed by atoms with Gasteiger partial charge in [0.05, 0.1) is 12.3 Å².